The van der Waals surface area contributed by atoms with Crippen molar-refractivity contribution in [2.75, 3.05) is 6.54 Å². The molecule has 3 nitrogen and oxygen atoms in total. The van der Waals surface area contributed by atoms with Gasteiger partial charge in [-0.15, -0.1) is 10.2 Å². The average Bonchev–Trinajstić information content (AvgIpc) is 2.78. The molecule has 0 saturated carbocycles. The van der Waals surface area contributed by atoms with Gasteiger partial charge in [-0.25, -0.2) is 0 Å². The zero-order valence-electron chi connectivity index (χ0n) is 8.96. The number of rotatable bonds is 4. The van der Waals surface area contributed by atoms with Gasteiger partial charge in [0.05, 0.1) is 0 Å². The molecular weight excluding hydrogens is 238 g/mol. The fourth-order valence-electron chi connectivity index (χ4n) is 1.46. The molecule has 2 N–H and O–H groups in total. The first kappa shape index (κ1) is 11.6. The van der Waals surface area contributed by atoms with Gasteiger partial charge in [0.2, 0.25) is 0 Å². The van der Waals surface area contributed by atoms with Gasteiger partial charge in [0.1, 0.15) is 5.51 Å². The highest BCUT2D eigenvalue weighted by atomic mass is 32.2. The van der Waals surface area contributed by atoms with Crippen LogP contribution in [0.1, 0.15) is 16.4 Å². The lowest BCUT2D eigenvalue weighted by atomic mass is 10.1. The Kier molecular flexibility index (Phi) is 3.93. The second-order valence-electron chi connectivity index (χ2n) is 3.46. The number of aromatic nitrogens is 2. The first-order valence-corrected chi connectivity index (χ1v) is 6.75. The van der Waals surface area contributed by atoms with Crippen molar-refractivity contribution in [2.45, 2.75) is 16.5 Å². The Labute approximate surface area is 103 Å². The van der Waals surface area contributed by atoms with E-state index in [1.165, 1.54) is 11.1 Å². The van der Waals surface area contributed by atoms with Crippen LogP contribution in [0, 0.1) is 6.92 Å². The van der Waals surface area contributed by atoms with Crippen molar-refractivity contribution in [1.82, 2.24) is 10.2 Å². The van der Waals surface area contributed by atoms with E-state index in [-0.39, 0.29) is 5.25 Å². The number of hydrogen-bond acceptors (Lipinski definition) is 5. The lowest BCUT2D eigenvalue weighted by molar-refractivity contribution is 0.929. The highest BCUT2D eigenvalue weighted by Gasteiger charge is 2.13. The molecule has 5 heteroatoms. The third kappa shape index (κ3) is 2.81. The molecule has 1 aromatic heterocycles. The number of hydrogen-bond donors (Lipinski definition) is 1. The third-order valence-electron chi connectivity index (χ3n) is 2.21. The summed E-state index contributed by atoms with van der Waals surface area (Å²) in [5, 5.41) is 8.11. The fraction of sp³-hybridized carbons (Fsp3) is 0.273. The quantitative estimate of drug-likeness (QED) is 0.849. The molecule has 0 aliphatic rings. The van der Waals surface area contributed by atoms with E-state index >= 15 is 0 Å². The summed E-state index contributed by atoms with van der Waals surface area (Å²) in [6.07, 6.45) is 0. The molecule has 1 unspecified atom stereocenters. The topological polar surface area (TPSA) is 51.8 Å². The Balaban J connectivity index is 2.16. The Morgan fingerprint density at radius 2 is 2.38 bits per heavy atom. The zero-order chi connectivity index (χ0) is 11.4. The molecule has 0 aliphatic heterocycles. The minimum atomic E-state index is 0.257. The molecule has 0 saturated heterocycles. The van der Waals surface area contributed by atoms with E-state index in [1.807, 2.05) is 0 Å². The highest BCUT2D eigenvalue weighted by molar-refractivity contribution is 8.01. The Morgan fingerprint density at radius 3 is 3.00 bits per heavy atom. The van der Waals surface area contributed by atoms with Crippen LogP contribution in [-0.4, -0.2) is 16.7 Å². The lowest BCUT2D eigenvalue weighted by Gasteiger charge is -2.13. The maximum Gasteiger partial charge on any atom is 0.174 e. The summed E-state index contributed by atoms with van der Waals surface area (Å²) in [7, 11) is 0. The average molecular weight is 251 g/mol. The Morgan fingerprint density at radius 1 is 1.50 bits per heavy atom. The van der Waals surface area contributed by atoms with Gasteiger partial charge >= 0.3 is 0 Å². The van der Waals surface area contributed by atoms with Gasteiger partial charge in [-0.2, -0.15) is 0 Å². The molecule has 2 aromatic rings. The molecule has 1 aromatic carbocycles. The SMILES string of the molecule is Cc1cccc(C(CN)Sc2nncs2)c1. The van der Waals surface area contributed by atoms with E-state index < -0.39 is 0 Å². The van der Waals surface area contributed by atoms with Gasteiger partial charge in [-0.05, 0) is 12.5 Å². The van der Waals surface area contributed by atoms with Gasteiger partial charge in [-0.1, -0.05) is 52.9 Å². The molecule has 0 fully saturated rings. The smallest absolute Gasteiger partial charge is 0.174 e. The van der Waals surface area contributed by atoms with Gasteiger partial charge in [-0.3, -0.25) is 0 Å². The highest BCUT2D eigenvalue weighted by Crippen LogP contribution is 2.35. The number of benzene rings is 1. The van der Waals surface area contributed by atoms with Gasteiger partial charge in [0, 0.05) is 11.8 Å². The number of nitrogens with zero attached hydrogens (tertiary/aromatic N) is 2. The molecule has 0 bridgehead atoms. The van der Waals surface area contributed by atoms with Crippen LogP contribution in [0.25, 0.3) is 0 Å². The van der Waals surface area contributed by atoms with Gasteiger partial charge in [0.15, 0.2) is 4.34 Å². The summed E-state index contributed by atoms with van der Waals surface area (Å²) < 4.78 is 0.969. The summed E-state index contributed by atoms with van der Waals surface area (Å²) >= 11 is 3.23. The van der Waals surface area contributed by atoms with E-state index in [9.17, 15) is 0 Å². The van der Waals surface area contributed by atoms with Gasteiger partial charge < -0.3 is 5.73 Å². The maximum atomic E-state index is 5.81. The van der Waals surface area contributed by atoms with Crippen LogP contribution in [0.5, 0.6) is 0 Å². The van der Waals surface area contributed by atoms with Crippen molar-refractivity contribution in [1.29, 1.82) is 0 Å². The first-order chi connectivity index (χ1) is 7.79. The monoisotopic (exact) mass is 251 g/mol. The molecule has 0 amide bonds. The number of thioether (sulfide) groups is 1. The second-order valence-corrected chi connectivity index (χ2v) is 5.74. The van der Waals surface area contributed by atoms with Crippen LogP contribution in [0.15, 0.2) is 34.1 Å². The van der Waals surface area contributed by atoms with Crippen molar-refractivity contribution in [3.63, 3.8) is 0 Å². The van der Waals surface area contributed by atoms with Crippen molar-refractivity contribution >= 4 is 23.1 Å². The van der Waals surface area contributed by atoms with E-state index in [4.69, 9.17) is 5.73 Å². The molecule has 84 valence electrons. The maximum absolute atomic E-state index is 5.81. The minimum absolute atomic E-state index is 0.257. The van der Waals surface area contributed by atoms with E-state index in [1.54, 1.807) is 28.6 Å². The van der Waals surface area contributed by atoms with Crippen molar-refractivity contribution < 1.29 is 0 Å². The van der Waals surface area contributed by atoms with E-state index in [0.717, 1.165) is 4.34 Å². The van der Waals surface area contributed by atoms with E-state index in [0.29, 0.717) is 6.54 Å². The van der Waals surface area contributed by atoms with Crippen LogP contribution in [0.4, 0.5) is 0 Å². The van der Waals surface area contributed by atoms with Crippen molar-refractivity contribution in [3.8, 4) is 0 Å². The Bertz CT molecular complexity index is 442. The van der Waals surface area contributed by atoms with Gasteiger partial charge in [0.25, 0.3) is 0 Å². The minimum Gasteiger partial charge on any atom is -0.329 e. The molecule has 0 spiro atoms. The van der Waals surface area contributed by atoms with Crippen LogP contribution in [0.3, 0.4) is 0 Å². The summed E-state index contributed by atoms with van der Waals surface area (Å²) in [5.41, 5.74) is 10.1. The normalized spacial score (nSPS) is 12.6. The van der Waals surface area contributed by atoms with Crippen LogP contribution >= 0.6 is 23.1 Å². The summed E-state index contributed by atoms with van der Waals surface area (Å²) in [6.45, 7) is 2.69. The van der Waals surface area contributed by atoms with Crippen LogP contribution in [0.2, 0.25) is 0 Å². The molecule has 1 heterocycles. The first-order valence-electron chi connectivity index (χ1n) is 4.99. The second kappa shape index (κ2) is 5.43. The number of aryl methyl sites for hydroxylation is 1. The van der Waals surface area contributed by atoms with Crippen molar-refractivity contribution in [2.24, 2.45) is 5.73 Å². The largest absolute Gasteiger partial charge is 0.329 e. The molecule has 16 heavy (non-hydrogen) atoms. The summed E-state index contributed by atoms with van der Waals surface area (Å²) in [6, 6.07) is 8.44. The van der Waals surface area contributed by atoms with Crippen LogP contribution in [-0.2, 0) is 0 Å². The third-order valence-corrected chi connectivity index (χ3v) is 4.30. The summed E-state index contributed by atoms with van der Waals surface area (Å²) in [4.78, 5) is 0. The standard InChI is InChI=1S/C11H13N3S2/c1-8-3-2-4-9(5-8)10(6-12)16-11-14-13-7-15-11/h2-5,7,10H,6,12H2,1H3. The lowest BCUT2D eigenvalue weighted by Crippen LogP contribution is -2.09. The predicted octanol–water partition coefficient (Wildman–Crippen LogP) is 2.64. The van der Waals surface area contributed by atoms with E-state index in [2.05, 4.69) is 41.4 Å². The molecule has 2 rings (SSSR count). The molecular formula is C11H13N3S2. The fourth-order valence-corrected chi connectivity index (χ4v) is 3.15. The zero-order valence-corrected chi connectivity index (χ0v) is 10.6. The molecule has 1 atom stereocenters. The molecule has 0 aliphatic carbocycles. The van der Waals surface area contributed by atoms with Crippen LogP contribution < -0.4 is 5.73 Å². The Hall–Kier alpha value is -0.910. The number of nitrogens with two attached hydrogens (primary N) is 1. The predicted molar refractivity (Wildman–Crippen MR) is 68.7 cm³/mol. The van der Waals surface area contributed by atoms with Crippen molar-refractivity contribution in [3.05, 3.63) is 40.9 Å². The molecule has 0 radical (unpaired) electrons. The summed E-state index contributed by atoms with van der Waals surface area (Å²) in [5.74, 6) is 0.